The Bertz CT molecular complexity index is 143. The van der Waals surface area contributed by atoms with Gasteiger partial charge in [-0.1, -0.05) is 40.0 Å². The zero-order valence-electron chi connectivity index (χ0n) is 9.71. The van der Waals surface area contributed by atoms with Crippen molar-refractivity contribution >= 4 is 5.97 Å². The second-order valence-electron chi connectivity index (χ2n) is 3.85. The summed E-state index contributed by atoms with van der Waals surface area (Å²) in [6.45, 7) is 8.01. The summed E-state index contributed by atoms with van der Waals surface area (Å²) in [5.74, 6) is 0.302. The summed E-state index contributed by atoms with van der Waals surface area (Å²) in [5.41, 5.74) is 0. The van der Waals surface area contributed by atoms with Crippen LogP contribution in [0, 0.1) is 12.5 Å². The summed E-state index contributed by atoms with van der Waals surface area (Å²) in [5, 5.41) is 0. The van der Waals surface area contributed by atoms with Gasteiger partial charge in [-0.05, 0) is 18.8 Å². The van der Waals surface area contributed by atoms with Crippen molar-refractivity contribution in [3.63, 3.8) is 0 Å². The normalized spacial score (nSPS) is 12.5. The molecule has 0 aromatic carbocycles. The molecule has 2 nitrogen and oxygen atoms in total. The first kappa shape index (κ1) is 13.5. The summed E-state index contributed by atoms with van der Waals surface area (Å²) < 4.78 is 5.04. The second kappa shape index (κ2) is 9.04. The highest BCUT2D eigenvalue weighted by atomic mass is 16.5. The Labute approximate surface area is 88.0 Å². The van der Waals surface area contributed by atoms with Gasteiger partial charge in [0.25, 0.3) is 0 Å². The quantitative estimate of drug-likeness (QED) is 0.440. The molecule has 1 atom stereocenters. The Morgan fingerprint density at radius 1 is 1.29 bits per heavy atom. The van der Waals surface area contributed by atoms with Crippen LogP contribution in [0.3, 0.4) is 0 Å². The lowest BCUT2D eigenvalue weighted by molar-refractivity contribution is -0.141. The molecule has 0 aliphatic rings. The van der Waals surface area contributed by atoms with Gasteiger partial charge in [0.1, 0.15) is 6.61 Å². The van der Waals surface area contributed by atoms with Crippen LogP contribution in [0.25, 0.3) is 0 Å². The Hall–Kier alpha value is -0.530. The standard InChI is InChI=1S/C12H23O2/c1-4-6-7-9-12(13)14-10-11(3)8-5-2/h10-11H,4-9H2,1-3H3. The fourth-order valence-corrected chi connectivity index (χ4v) is 1.29. The Balaban J connectivity index is 3.34. The van der Waals surface area contributed by atoms with Gasteiger partial charge in [0.2, 0.25) is 0 Å². The monoisotopic (exact) mass is 199 g/mol. The lowest BCUT2D eigenvalue weighted by Gasteiger charge is -2.09. The molecule has 0 aliphatic carbocycles. The summed E-state index contributed by atoms with van der Waals surface area (Å²) >= 11 is 0. The molecule has 0 rings (SSSR count). The molecule has 0 amide bonds. The van der Waals surface area contributed by atoms with Crippen LogP contribution >= 0.6 is 0 Å². The predicted octanol–water partition coefficient (Wildman–Crippen LogP) is 3.71. The molecule has 1 radical (unpaired) electrons. The SMILES string of the molecule is CCCCCC(=O)O[CH]C(C)CCC. The average molecular weight is 199 g/mol. The molecule has 0 aromatic rings. The maximum Gasteiger partial charge on any atom is 0.306 e. The van der Waals surface area contributed by atoms with E-state index in [0.717, 1.165) is 32.1 Å². The first-order valence-electron chi connectivity index (χ1n) is 5.73. The van der Waals surface area contributed by atoms with E-state index in [9.17, 15) is 4.79 Å². The van der Waals surface area contributed by atoms with Gasteiger partial charge in [-0.3, -0.25) is 4.79 Å². The number of ether oxygens (including phenoxy) is 1. The van der Waals surface area contributed by atoms with Crippen molar-refractivity contribution < 1.29 is 9.53 Å². The highest BCUT2D eigenvalue weighted by Crippen LogP contribution is 2.10. The molecular weight excluding hydrogens is 176 g/mol. The van der Waals surface area contributed by atoms with Gasteiger partial charge in [-0.25, -0.2) is 0 Å². The highest BCUT2D eigenvalue weighted by Gasteiger charge is 2.06. The van der Waals surface area contributed by atoms with E-state index in [1.165, 1.54) is 0 Å². The second-order valence-corrected chi connectivity index (χ2v) is 3.85. The van der Waals surface area contributed by atoms with E-state index < -0.39 is 0 Å². The van der Waals surface area contributed by atoms with Crippen LogP contribution in [0.1, 0.15) is 59.3 Å². The number of rotatable bonds is 8. The van der Waals surface area contributed by atoms with Crippen molar-refractivity contribution in [2.24, 2.45) is 5.92 Å². The molecule has 0 saturated carbocycles. The zero-order valence-corrected chi connectivity index (χ0v) is 9.71. The van der Waals surface area contributed by atoms with E-state index in [2.05, 4.69) is 20.8 Å². The molecule has 0 bridgehead atoms. The Kier molecular flexibility index (Phi) is 8.70. The largest absolute Gasteiger partial charge is 0.458 e. The first-order chi connectivity index (χ1) is 6.70. The maximum absolute atomic E-state index is 11.2. The number of hydrogen-bond donors (Lipinski definition) is 0. The van der Waals surface area contributed by atoms with Gasteiger partial charge in [-0.2, -0.15) is 0 Å². The van der Waals surface area contributed by atoms with Crippen LogP contribution in [-0.2, 0) is 9.53 Å². The van der Waals surface area contributed by atoms with Gasteiger partial charge < -0.3 is 4.74 Å². The molecular formula is C12H23O2. The fourth-order valence-electron chi connectivity index (χ4n) is 1.29. The summed E-state index contributed by atoms with van der Waals surface area (Å²) in [7, 11) is 0. The van der Waals surface area contributed by atoms with Crippen molar-refractivity contribution in [2.75, 3.05) is 0 Å². The minimum atomic E-state index is -0.0820. The zero-order chi connectivity index (χ0) is 10.8. The minimum absolute atomic E-state index is 0.0820. The van der Waals surface area contributed by atoms with Crippen molar-refractivity contribution in [3.05, 3.63) is 6.61 Å². The number of carbonyl (C=O) groups is 1. The van der Waals surface area contributed by atoms with Crippen LogP contribution in [-0.4, -0.2) is 5.97 Å². The topological polar surface area (TPSA) is 26.3 Å². The number of esters is 1. The number of unbranched alkanes of at least 4 members (excludes halogenated alkanes) is 2. The van der Waals surface area contributed by atoms with Crippen molar-refractivity contribution in [3.8, 4) is 0 Å². The van der Waals surface area contributed by atoms with Crippen LogP contribution in [0.4, 0.5) is 0 Å². The van der Waals surface area contributed by atoms with Gasteiger partial charge in [0.05, 0.1) is 0 Å². The van der Waals surface area contributed by atoms with Gasteiger partial charge in [0, 0.05) is 6.42 Å². The van der Waals surface area contributed by atoms with Gasteiger partial charge >= 0.3 is 5.97 Å². The molecule has 2 heteroatoms. The van der Waals surface area contributed by atoms with Crippen molar-refractivity contribution in [1.29, 1.82) is 0 Å². The van der Waals surface area contributed by atoms with Crippen molar-refractivity contribution in [1.82, 2.24) is 0 Å². The fraction of sp³-hybridized carbons (Fsp3) is 0.833. The van der Waals surface area contributed by atoms with E-state index in [1.807, 2.05) is 0 Å². The minimum Gasteiger partial charge on any atom is -0.458 e. The van der Waals surface area contributed by atoms with Crippen LogP contribution in [0.5, 0.6) is 0 Å². The molecule has 0 spiro atoms. The molecule has 0 heterocycles. The number of hydrogen-bond acceptors (Lipinski definition) is 2. The molecule has 0 fully saturated rings. The summed E-state index contributed by atoms with van der Waals surface area (Å²) in [6.07, 6.45) is 5.98. The van der Waals surface area contributed by atoms with Crippen LogP contribution in [0.15, 0.2) is 0 Å². The third-order valence-corrected chi connectivity index (χ3v) is 2.16. The molecule has 83 valence electrons. The summed E-state index contributed by atoms with van der Waals surface area (Å²) in [6, 6.07) is 0. The lowest BCUT2D eigenvalue weighted by Crippen LogP contribution is -2.06. The highest BCUT2D eigenvalue weighted by molar-refractivity contribution is 5.69. The average Bonchev–Trinajstić information content (AvgIpc) is 2.16. The molecule has 1 unspecified atom stereocenters. The van der Waals surface area contributed by atoms with Crippen LogP contribution in [0.2, 0.25) is 0 Å². The third kappa shape index (κ3) is 8.09. The first-order valence-corrected chi connectivity index (χ1v) is 5.73. The van der Waals surface area contributed by atoms with Crippen molar-refractivity contribution in [2.45, 2.75) is 59.3 Å². The Morgan fingerprint density at radius 2 is 2.00 bits per heavy atom. The number of carbonyl (C=O) groups excluding carboxylic acids is 1. The Morgan fingerprint density at radius 3 is 2.57 bits per heavy atom. The third-order valence-electron chi connectivity index (χ3n) is 2.16. The molecule has 14 heavy (non-hydrogen) atoms. The van der Waals surface area contributed by atoms with E-state index in [0.29, 0.717) is 12.3 Å². The van der Waals surface area contributed by atoms with E-state index in [4.69, 9.17) is 4.74 Å². The van der Waals surface area contributed by atoms with Crippen LogP contribution < -0.4 is 0 Å². The van der Waals surface area contributed by atoms with Gasteiger partial charge in [-0.15, -0.1) is 0 Å². The van der Waals surface area contributed by atoms with E-state index in [1.54, 1.807) is 6.61 Å². The maximum atomic E-state index is 11.2. The summed E-state index contributed by atoms with van der Waals surface area (Å²) in [4.78, 5) is 11.2. The smallest absolute Gasteiger partial charge is 0.306 e. The molecule has 0 aliphatic heterocycles. The van der Waals surface area contributed by atoms with E-state index in [-0.39, 0.29) is 5.97 Å². The predicted molar refractivity (Wildman–Crippen MR) is 58.6 cm³/mol. The molecule has 0 aromatic heterocycles. The molecule has 0 saturated heterocycles. The van der Waals surface area contributed by atoms with E-state index >= 15 is 0 Å². The lowest BCUT2D eigenvalue weighted by atomic mass is 10.1. The molecule has 0 N–H and O–H groups in total. The van der Waals surface area contributed by atoms with Gasteiger partial charge in [0.15, 0.2) is 0 Å².